The quantitative estimate of drug-likeness (QED) is 0.605. The highest BCUT2D eigenvalue weighted by molar-refractivity contribution is 5.84. The van der Waals surface area contributed by atoms with Crippen LogP contribution in [0, 0.1) is 0 Å². The summed E-state index contributed by atoms with van der Waals surface area (Å²) in [6, 6.07) is 4.41. The smallest absolute Gasteiger partial charge is 0.387 e. The van der Waals surface area contributed by atoms with Crippen molar-refractivity contribution in [3.8, 4) is 11.5 Å². The second kappa shape index (κ2) is 7.14. The first kappa shape index (κ1) is 14.7. The number of hydrogen-bond donors (Lipinski definition) is 1. The largest absolute Gasteiger partial charge is 0.493 e. The Kier molecular flexibility index (Phi) is 5.52. The highest BCUT2D eigenvalue weighted by atomic mass is 19.3. The Morgan fingerprint density at radius 1 is 1.53 bits per heavy atom. The summed E-state index contributed by atoms with van der Waals surface area (Å²) in [4.78, 5) is 14.6. The molecule has 0 heterocycles. The Bertz CT molecular complexity index is 464. The topological polar surface area (TPSA) is 77.4 Å². The van der Waals surface area contributed by atoms with Crippen molar-refractivity contribution >= 4 is 12.2 Å². The van der Waals surface area contributed by atoms with Gasteiger partial charge in [0.15, 0.2) is 11.5 Å². The van der Waals surface area contributed by atoms with Crippen molar-refractivity contribution in [2.24, 2.45) is 5.16 Å². The Morgan fingerprint density at radius 2 is 2.26 bits per heavy atom. The molecule has 0 unspecified atom stereocenters. The molecule has 0 atom stereocenters. The maximum Gasteiger partial charge on any atom is 0.387 e. The molecule has 19 heavy (non-hydrogen) atoms. The summed E-state index contributed by atoms with van der Waals surface area (Å²) in [5.74, 6) is -1.31. The molecular formula is C11H11F2NO5. The molecule has 0 fully saturated rings. The van der Waals surface area contributed by atoms with Crippen LogP contribution in [-0.2, 0) is 9.63 Å². The molecule has 0 radical (unpaired) electrons. The van der Waals surface area contributed by atoms with E-state index in [1.165, 1.54) is 25.3 Å². The van der Waals surface area contributed by atoms with Crippen LogP contribution in [0.4, 0.5) is 8.78 Å². The zero-order valence-corrected chi connectivity index (χ0v) is 9.88. The average molecular weight is 275 g/mol. The van der Waals surface area contributed by atoms with E-state index in [-0.39, 0.29) is 17.1 Å². The molecule has 1 N–H and O–H groups in total. The summed E-state index contributed by atoms with van der Waals surface area (Å²) < 4.78 is 33.8. The number of aliphatic carboxylic acids is 1. The fourth-order valence-corrected chi connectivity index (χ4v) is 1.20. The lowest BCUT2D eigenvalue weighted by atomic mass is 10.2. The molecule has 0 aromatic heterocycles. The zero-order valence-electron chi connectivity index (χ0n) is 9.88. The Labute approximate surface area is 107 Å². The van der Waals surface area contributed by atoms with Gasteiger partial charge in [0.1, 0.15) is 0 Å². The first-order valence-corrected chi connectivity index (χ1v) is 5.03. The molecule has 1 aromatic carbocycles. The van der Waals surface area contributed by atoms with Gasteiger partial charge in [0.2, 0.25) is 6.61 Å². The number of para-hydroxylation sites is 1. The molecular weight excluding hydrogens is 264 g/mol. The Hall–Kier alpha value is -2.38. The molecule has 0 bridgehead atoms. The van der Waals surface area contributed by atoms with Crippen LogP contribution >= 0.6 is 0 Å². The Balaban J connectivity index is 2.89. The van der Waals surface area contributed by atoms with Crippen LogP contribution < -0.4 is 9.47 Å². The van der Waals surface area contributed by atoms with Gasteiger partial charge in [-0.25, -0.2) is 4.79 Å². The number of benzene rings is 1. The van der Waals surface area contributed by atoms with Gasteiger partial charge in [-0.2, -0.15) is 8.78 Å². The number of methoxy groups -OCH3 is 1. The fourth-order valence-electron chi connectivity index (χ4n) is 1.20. The van der Waals surface area contributed by atoms with Crippen molar-refractivity contribution in [1.29, 1.82) is 0 Å². The number of carboxylic acids is 1. The summed E-state index contributed by atoms with van der Waals surface area (Å²) in [6.07, 6.45) is 1.06. The van der Waals surface area contributed by atoms with Gasteiger partial charge < -0.3 is 19.4 Å². The van der Waals surface area contributed by atoms with E-state index in [4.69, 9.17) is 9.84 Å². The highest BCUT2D eigenvalue weighted by Crippen LogP contribution is 2.31. The highest BCUT2D eigenvalue weighted by Gasteiger charge is 2.14. The van der Waals surface area contributed by atoms with Crippen molar-refractivity contribution in [2.75, 3.05) is 13.7 Å². The maximum absolute atomic E-state index is 12.3. The third kappa shape index (κ3) is 4.78. The first-order chi connectivity index (χ1) is 9.04. The minimum Gasteiger partial charge on any atom is -0.493 e. The second-order valence-electron chi connectivity index (χ2n) is 3.16. The molecule has 1 rings (SSSR count). The standard InChI is InChI=1S/C11H11F2NO5/c1-17-8-4-2-3-7(10(8)19-11(12)13)5-14-18-6-9(15)16/h2-5,11H,6H2,1H3,(H,15,16). The van der Waals surface area contributed by atoms with E-state index in [0.29, 0.717) is 0 Å². The van der Waals surface area contributed by atoms with Gasteiger partial charge in [0.25, 0.3) is 0 Å². The van der Waals surface area contributed by atoms with Crippen molar-refractivity contribution < 1.29 is 33.0 Å². The monoisotopic (exact) mass is 275 g/mol. The SMILES string of the molecule is COc1cccc(C=NOCC(=O)O)c1OC(F)F. The van der Waals surface area contributed by atoms with Crippen LogP contribution in [0.1, 0.15) is 5.56 Å². The Morgan fingerprint density at radius 3 is 2.84 bits per heavy atom. The van der Waals surface area contributed by atoms with Crippen LogP contribution in [0.3, 0.4) is 0 Å². The van der Waals surface area contributed by atoms with Crippen LogP contribution in [0.5, 0.6) is 11.5 Å². The van der Waals surface area contributed by atoms with E-state index < -0.39 is 19.2 Å². The number of halogens is 2. The van der Waals surface area contributed by atoms with Crippen molar-refractivity contribution in [1.82, 2.24) is 0 Å². The van der Waals surface area contributed by atoms with E-state index in [1.54, 1.807) is 0 Å². The third-order valence-corrected chi connectivity index (χ3v) is 1.89. The minimum atomic E-state index is -3.02. The minimum absolute atomic E-state index is 0.0995. The normalized spacial score (nSPS) is 10.7. The van der Waals surface area contributed by atoms with Crippen molar-refractivity contribution in [3.05, 3.63) is 23.8 Å². The van der Waals surface area contributed by atoms with E-state index in [9.17, 15) is 13.6 Å². The molecule has 0 aliphatic carbocycles. The molecule has 8 heteroatoms. The third-order valence-electron chi connectivity index (χ3n) is 1.89. The molecule has 0 aliphatic rings. The summed E-state index contributed by atoms with van der Waals surface area (Å²) in [5, 5.41) is 11.7. The second-order valence-corrected chi connectivity index (χ2v) is 3.16. The maximum atomic E-state index is 12.3. The van der Waals surface area contributed by atoms with E-state index >= 15 is 0 Å². The number of alkyl halides is 2. The molecule has 0 spiro atoms. The number of carbonyl (C=O) groups is 1. The van der Waals surface area contributed by atoms with Gasteiger partial charge in [-0.3, -0.25) is 0 Å². The number of rotatable bonds is 7. The molecule has 0 saturated carbocycles. The van der Waals surface area contributed by atoms with Gasteiger partial charge in [-0.15, -0.1) is 0 Å². The fraction of sp³-hybridized carbons (Fsp3) is 0.273. The van der Waals surface area contributed by atoms with Gasteiger partial charge >= 0.3 is 12.6 Å². The number of oxime groups is 1. The predicted octanol–water partition coefficient (Wildman–Crippen LogP) is 1.73. The van der Waals surface area contributed by atoms with Gasteiger partial charge in [0.05, 0.1) is 13.3 Å². The van der Waals surface area contributed by atoms with Crippen LogP contribution in [0.2, 0.25) is 0 Å². The number of carboxylic acid groups (broad SMARTS) is 1. The lowest BCUT2D eigenvalue weighted by Crippen LogP contribution is -2.06. The number of nitrogens with zero attached hydrogens (tertiary/aromatic N) is 1. The summed E-state index contributed by atoms with van der Waals surface area (Å²) in [7, 11) is 1.30. The predicted molar refractivity (Wildman–Crippen MR) is 60.8 cm³/mol. The summed E-state index contributed by atoms with van der Waals surface area (Å²) >= 11 is 0. The molecule has 0 amide bonds. The molecule has 0 aliphatic heterocycles. The van der Waals surface area contributed by atoms with Crippen LogP contribution in [0.25, 0.3) is 0 Å². The molecule has 104 valence electrons. The molecule has 0 saturated heterocycles. The molecule has 6 nitrogen and oxygen atoms in total. The van der Waals surface area contributed by atoms with Crippen molar-refractivity contribution in [2.45, 2.75) is 6.61 Å². The zero-order chi connectivity index (χ0) is 14.3. The van der Waals surface area contributed by atoms with E-state index in [2.05, 4.69) is 14.7 Å². The lowest BCUT2D eigenvalue weighted by molar-refractivity contribution is -0.142. The van der Waals surface area contributed by atoms with Crippen LogP contribution in [-0.4, -0.2) is 37.6 Å². The molecule has 1 aromatic rings. The van der Waals surface area contributed by atoms with Gasteiger partial charge in [0, 0.05) is 5.56 Å². The number of hydrogen-bond acceptors (Lipinski definition) is 5. The van der Waals surface area contributed by atoms with E-state index in [0.717, 1.165) is 6.21 Å². The van der Waals surface area contributed by atoms with Gasteiger partial charge in [-0.05, 0) is 12.1 Å². The van der Waals surface area contributed by atoms with Crippen molar-refractivity contribution in [3.63, 3.8) is 0 Å². The van der Waals surface area contributed by atoms with E-state index in [1.807, 2.05) is 0 Å². The lowest BCUT2D eigenvalue weighted by Gasteiger charge is -2.11. The summed E-state index contributed by atoms with van der Waals surface area (Å²) in [6.45, 7) is -3.66. The average Bonchev–Trinajstić information content (AvgIpc) is 2.35. The first-order valence-electron chi connectivity index (χ1n) is 5.03. The summed E-state index contributed by atoms with van der Waals surface area (Å²) in [5.41, 5.74) is 0.171. The van der Waals surface area contributed by atoms with Gasteiger partial charge in [-0.1, -0.05) is 11.2 Å². The number of ether oxygens (including phenoxy) is 2. The van der Waals surface area contributed by atoms with Crippen LogP contribution in [0.15, 0.2) is 23.4 Å².